The zero-order valence-electron chi connectivity index (χ0n) is 14.3. The lowest BCUT2D eigenvalue weighted by Gasteiger charge is -2.10. The van der Waals surface area contributed by atoms with Crippen LogP contribution in [-0.4, -0.2) is 28.7 Å². The maximum atomic E-state index is 13.7. The van der Waals surface area contributed by atoms with Gasteiger partial charge in [0.1, 0.15) is 22.0 Å². The molecule has 0 spiro atoms. The number of sulfone groups is 1. The van der Waals surface area contributed by atoms with E-state index in [9.17, 15) is 17.2 Å². The first kappa shape index (κ1) is 18.2. The number of hydrogen-bond donors (Lipinski definition) is 1. The number of hydrogen-bond acceptors (Lipinski definition) is 5. The summed E-state index contributed by atoms with van der Waals surface area (Å²) in [5.74, 6) is -1.84. The molecule has 0 aliphatic heterocycles. The van der Waals surface area contributed by atoms with Crippen molar-refractivity contribution >= 4 is 26.7 Å². The number of anilines is 1. The van der Waals surface area contributed by atoms with Gasteiger partial charge in [0.05, 0.1) is 17.6 Å². The van der Waals surface area contributed by atoms with Crippen LogP contribution < -0.4 is 5.73 Å². The number of nitrogens with two attached hydrogens (primary N) is 1. The van der Waals surface area contributed by atoms with Crippen molar-refractivity contribution in [2.24, 2.45) is 0 Å². The van der Waals surface area contributed by atoms with Crippen molar-refractivity contribution in [1.29, 1.82) is 0 Å². The Morgan fingerprint density at radius 3 is 2.65 bits per heavy atom. The van der Waals surface area contributed by atoms with Crippen molar-refractivity contribution < 1.29 is 17.2 Å². The molecular formula is C17H18F2N4O2S. The largest absolute Gasteiger partial charge is 0.382 e. The van der Waals surface area contributed by atoms with Crippen LogP contribution in [0.15, 0.2) is 29.4 Å². The second-order valence-electron chi connectivity index (χ2n) is 6.09. The van der Waals surface area contributed by atoms with Gasteiger partial charge in [0.15, 0.2) is 15.7 Å². The Hall–Kier alpha value is -2.55. The van der Waals surface area contributed by atoms with Gasteiger partial charge < -0.3 is 10.3 Å². The van der Waals surface area contributed by atoms with Crippen LogP contribution in [0.25, 0.3) is 11.0 Å². The zero-order valence-corrected chi connectivity index (χ0v) is 15.1. The minimum absolute atomic E-state index is 0.241. The summed E-state index contributed by atoms with van der Waals surface area (Å²) in [5, 5.41) is 0. The van der Waals surface area contributed by atoms with Crippen LogP contribution >= 0.6 is 0 Å². The number of nitrogen functional groups attached to an aromatic ring is 1. The molecule has 1 aromatic carbocycles. The SMILES string of the molecule is Cc1nc(N)c2ncn(CCCS(=O)(=O)c3ccc(F)cc3F)c2c1C. The molecule has 2 aromatic heterocycles. The average Bonchev–Trinajstić information content (AvgIpc) is 2.97. The fraction of sp³-hybridized carbons (Fsp3) is 0.294. The highest BCUT2D eigenvalue weighted by atomic mass is 32.2. The normalized spacial score (nSPS) is 12.0. The van der Waals surface area contributed by atoms with Crippen LogP contribution in [0.1, 0.15) is 17.7 Å². The number of benzene rings is 1. The van der Waals surface area contributed by atoms with Gasteiger partial charge in [-0.05, 0) is 38.0 Å². The predicted octanol–water partition coefficient (Wildman–Crippen LogP) is 2.77. The van der Waals surface area contributed by atoms with Crippen molar-refractivity contribution in [3.05, 3.63) is 47.4 Å². The maximum absolute atomic E-state index is 13.7. The Bertz CT molecular complexity index is 1090. The van der Waals surface area contributed by atoms with Gasteiger partial charge in [0, 0.05) is 18.3 Å². The maximum Gasteiger partial charge on any atom is 0.181 e. The van der Waals surface area contributed by atoms with Gasteiger partial charge in [-0.25, -0.2) is 27.2 Å². The van der Waals surface area contributed by atoms with Crippen molar-refractivity contribution in [2.75, 3.05) is 11.5 Å². The quantitative estimate of drug-likeness (QED) is 0.688. The minimum atomic E-state index is -3.85. The van der Waals surface area contributed by atoms with Crippen LogP contribution in [0, 0.1) is 25.5 Å². The Balaban J connectivity index is 1.81. The van der Waals surface area contributed by atoms with E-state index in [0.717, 1.165) is 28.9 Å². The molecule has 0 aliphatic carbocycles. The molecule has 2 N–H and O–H groups in total. The number of rotatable bonds is 5. The summed E-state index contributed by atoms with van der Waals surface area (Å²) in [4.78, 5) is 7.98. The molecule has 0 unspecified atom stereocenters. The fourth-order valence-electron chi connectivity index (χ4n) is 2.88. The molecular weight excluding hydrogens is 362 g/mol. The van der Waals surface area contributed by atoms with Gasteiger partial charge in [-0.15, -0.1) is 0 Å². The number of halogens is 2. The minimum Gasteiger partial charge on any atom is -0.382 e. The van der Waals surface area contributed by atoms with E-state index >= 15 is 0 Å². The summed E-state index contributed by atoms with van der Waals surface area (Å²) in [5.41, 5.74) is 8.95. The summed E-state index contributed by atoms with van der Waals surface area (Å²) < 4.78 is 53.1. The van der Waals surface area contributed by atoms with Gasteiger partial charge in [0.2, 0.25) is 0 Å². The molecule has 2 heterocycles. The van der Waals surface area contributed by atoms with Crippen molar-refractivity contribution in [3.63, 3.8) is 0 Å². The highest BCUT2D eigenvalue weighted by Gasteiger charge is 2.20. The molecule has 0 fully saturated rings. The van der Waals surface area contributed by atoms with E-state index in [4.69, 9.17) is 5.73 Å². The van der Waals surface area contributed by atoms with Crippen LogP contribution in [0.3, 0.4) is 0 Å². The summed E-state index contributed by atoms with van der Waals surface area (Å²) in [6, 6.07) is 2.45. The van der Waals surface area contributed by atoms with E-state index in [1.165, 1.54) is 0 Å². The lowest BCUT2D eigenvalue weighted by molar-refractivity contribution is 0.546. The molecule has 3 aromatic rings. The van der Waals surface area contributed by atoms with Gasteiger partial charge >= 0.3 is 0 Å². The molecule has 0 saturated carbocycles. The lowest BCUT2D eigenvalue weighted by Crippen LogP contribution is -2.12. The first-order valence-electron chi connectivity index (χ1n) is 7.96. The molecule has 0 aliphatic rings. The molecule has 3 rings (SSSR count). The van der Waals surface area contributed by atoms with E-state index in [2.05, 4.69) is 9.97 Å². The fourth-order valence-corrected chi connectivity index (χ4v) is 4.24. The third kappa shape index (κ3) is 3.26. The monoisotopic (exact) mass is 380 g/mol. The van der Waals surface area contributed by atoms with Crippen molar-refractivity contribution in [3.8, 4) is 0 Å². The van der Waals surface area contributed by atoms with Gasteiger partial charge in [-0.2, -0.15) is 0 Å². The van der Waals surface area contributed by atoms with E-state index < -0.39 is 26.4 Å². The molecule has 0 bridgehead atoms. The van der Waals surface area contributed by atoms with E-state index in [0.29, 0.717) is 23.9 Å². The van der Waals surface area contributed by atoms with E-state index in [1.807, 2.05) is 18.4 Å². The average molecular weight is 380 g/mol. The van der Waals surface area contributed by atoms with Gasteiger partial charge in [-0.3, -0.25) is 0 Å². The number of aryl methyl sites for hydroxylation is 3. The number of nitrogens with zero attached hydrogens (tertiary/aromatic N) is 3. The molecule has 138 valence electrons. The van der Waals surface area contributed by atoms with Crippen molar-refractivity contribution in [1.82, 2.24) is 14.5 Å². The first-order chi connectivity index (χ1) is 12.2. The molecule has 0 radical (unpaired) electrons. The van der Waals surface area contributed by atoms with Crippen LogP contribution in [0.5, 0.6) is 0 Å². The molecule has 9 heteroatoms. The van der Waals surface area contributed by atoms with Crippen LogP contribution in [0.4, 0.5) is 14.6 Å². The highest BCUT2D eigenvalue weighted by molar-refractivity contribution is 7.91. The zero-order chi connectivity index (χ0) is 19.1. The Morgan fingerprint density at radius 2 is 1.96 bits per heavy atom. The molecule has 0 saturated heterocycles. The number of pyridine rings is 1. The van der Waals surface area contributed by atoms with Gasteiger partial charge in [-0.1, -0.05) is 0 Å². The van der Waals surface area contributed by atoms with Crippen LogP contribution in [-0.2, 0) is 16.4 Å². The number of aromatic nitrogens is 3. The number of fused-ring (bicyclic) bond motifs is 1. The third-order valence-corrected chi connectivity index (χ3v) is 6.13. The Labute approximate surface area is 149 Å². The molecule has 0 atom stereocenters. The summed E-state index contributed by atoms with van der Waals surface area (Å²) >= 11 is 0. The second kappa shape index (κ2) is 6.64. The van der Waals surface area contributed by atoms with Crippen molar-refractivity contribution in [2.45, 2.75) is 31.7 Å². The van der Waals surface area contributed by atoms with Gasteiger partial charge in [0.25, 0.3) is 0 Å². The summed E-state index contributed by atoms with van der Waals surface area (Å²) in [6.07, 6.45) is 1.82. The lowest BCUT2D eigenvalue weighted by atomic mass is 10.2. The van der Waals surface area contributed by atoms with Crippen LogP contribution in [0.2, 0.25) is 0 Å². The van der Waals surface area contributed by atoms with E-state index in [-0.39, 0.29) is 12.2 Å². The predicted molar refractivity (Wildman–Crippen MR) is 94.4 cm³/mol. The smallest absolute Gasteiger partial charge is 0.181 e. The number of imidazole rings is 1. The standard InChI is InChI=1S/C17H18F2N4O2S/c1-10-11(2)22-17(20)15-16(10)23(9-21-15)6-3-7-26(24,25)14-5-4-12(18)8-13(14)19/h4-5,8-9H,3,6-7H2,1-2H3,(H2,20,22). The first-order valence-corrected chi connectivity index (χ1v) is 9.61. The van der Waals surface area contributed by atoms with E-state index in [1.54, 1.807) is 6.33 Å². The summed E-state index contributed by atoms with van der Waals surface area (Å²) in [7, 11) is -3.85. The molecule has 26 heavy (non-hydrogen) atoms. The third-order valence-electron chi connectivity index (χ3n) is 4.31. The topological polar surface area (TPSA) is 90.9 Å². The Kier molecular flexibility index (Phi) is 4.66. The highest BCUT2D eigenvalue weighted by Crippen LogP contribution is 2.24. The second-order valence-corrected chi connectivity index (χ2v) is 8.17. The summed E-state index contributed by atoms with van der Waals surface area (Å²) in [6.45, 7) is 4.10. The Morgan fingerprint density at radius 1 is 1.23 bits per heavy atom. The molecule has 6 nitrogen and oxygen atoms in total. The molecule has 0 amide bonds.